The molecule has 2 aromatic carbocycles. The van der Waals surface area contributed by atoms with Crippen molar-refractivity contribution in [3.8, 4) is 0 Å². The van der Waals surface area contributed by atoms with E-state index in [0.717, 1.165) is 16.5 Å². The number of halogens is 1. The van der Waals surface area contributed by atoms with Crippen LogP contribution in [-0.4, -0.2) is 13.4 Å². The number of hydrogen-bond donors (Lipinski definition) is 1. The summed E-state index contributed by atoms with van der Waals surface area (Å²) in [5.41, 5.74) is 2.19. The third-order valence-corrected chi connectivity index (χ3v) is 5.02. The zero-order chi connectivity index (χ0) is 18.4. The van der Waals surface area contributed by atoms with E-state index < -0.39 is 16.1 Å². The van der Waals surface area contributed by atoms with Gasteiger partial charge in [-0.25, -0.2) is 8.42 Å². The van der Waals surface area contributed by atoms with E-state index in [1.807, 2.05) is 36.4 Å². The lowest BCUT2D eigenvalue weighted by molar-refractivity contribution is 0.579. The molecule has 1 N–H and O–H groups in total. The molecular weight excluding hydrogens is 368 g/mol. The predicted molar refractivity (Wildman–Crippen MR) is 105 cm³/mol. The lowest BCUT2D eigenvalue weighted by atomic mass is 10.0. The van der Waals surface area contributed by atoms with Crippen LogP contribution in [0.3, 0.4) is 0 Å². The molecule has 3 aromatic rings. The Labute approximate surface area is 158 Å². The molecule has 0 bridgehead atoms. The molecule has 26 heavy (non-hydrogen) atoms. The quantitative estimate of drug-likeness (QED) is 0.684. The summed E-state index contributed by atoms with van der Waals surface area (Å²) in [7, 11) is -3.69. The molecule has 0 fully saturated rings. The Morgan fingerprint density at radius 1 is 0.923 bits per heavy atom. The van der Waals surface area contributed by atoms with Gasteiger partial charge in [0.05, 0.1) is 11.7 Å². The van der Waals surface area contributed by atoms with Gasteiger partial charge in [0.1, 0.15) is 0 Å². The molecule has 0 saturated carbocycles. The first-order chi connectivity index (χ1) is 12.5. The maximum atomic E-state index is 12.6. The van der Waals surface area contributed by atoms with Gasteiger partial charge in [-0.1, -0.05) is 60.1 Å². The van der Waals surface area contributed by atoms with Crippen LogP contribution in [0.1, 0.15) is 22.9 Å². The van der Waals surface area contributed by atoms with Crippen LogP contribution >= 0.6 is 11.6 Å². The average molecular weight is 385 g/mol. The van der Waals surface area contributed by atoms with Gasteiger partial charge in [-0.3, -0.25) is 4.98 Å². The summed E-state index contributed by atoms with van der Waals surface area (Å²) in [6, 6.07) is 21.1. The van der Waals surface area contributed by atoms with Crippen molar-refractivity contribution in [3.05, 3.63) is 106 Å². The third kappa shape index (κ3) is 5.02. The van der Waals surface area contributed by atoms with E-state index in [4.69, 9.17) is 11.6 Å². The SMILES string of the molecule is O=S(=O)(/C=C/c1ccc(Cl)cc1)NC(c1ccccc1)c1ccccn1. The fourth-order valence-corrected chi connectivity index (χ4v) is 3.56. The normalized spacial score (nSPS) is 13.0. The van der Waals surface area contributed by atoms with Crippen LogP contribution < -0.4 is 4.72 Å². The Kier molecular flexibility index (Phi) is 5.83. The van der Waals surface area contributed by atoms with E-state index in [2.05, 4.69) is 9.71 Å². The zero-order valence-corrected chi connectivity index (χ0v) is 15.4. The molecule has 0 saturated heterocycles. The number of benzene rings is 2. The average Bonchev–Trinajstić information content (AvgIpc) is 2.67. The number of nitrogens with one attached hydrogen (secondary N) is 1. The van der Waals surface area contributed by atoms with E-state index in [9.17, 15) is 8.42 Å². The van der Waals surface area contributed by atoms with Crippen molar-refractivity contribution in [3.63, 3.8) is 0 Å². The fourth-order valence-electron chi connectivity index (χ4n) is 2.44. The van der Waals surface area contributed by atoms with E-state index in [0.29, 0.717) is 10.7 Å². The molecular formula is C20H17ClN2O2S. The lowest BCUT2D eigenvalue weighted by Gasteiger charge is -2.17. The number of aromatic nitrogens is 1. The monoisotopic (exact) mass is 384 g/mol. The predicted octanol–water partition coefficient (Wildman–Crippen LogP) is 4.41. The largest absolute Gasteiger partial charge is 0.259 e. The molecule has 3 rings (SSSR count). The summed E-state index contributed by atoms with van der Waals surface area (Å²) in [5, 5.41) is 1.75. The molecule has 0 aliphatic carbocycles. The molecule has 1 atom stereocenters. The molecule has 4 nitrogen and oxygen atoms in total. The summed E-state index contributed by atoms with van der Waals surface area (Å²) in [6.07, 6.45) is 3.17. The van der Waals surface area contributed by atoms with E-state index in [1.165, 1.54) is 6.08 Å². The van der Waals surface area contributed by atoms with Crippen molar-refractivity contribution in [2.24, 2.45) is 0 Å². The molecule has 1 unspecified atom stereocenters. The standard InChI is InChI=1S/C20H17ClN2O2S/c21-18-11-9-16(10-12-18)13-15-26(24,25)23-20(17-6-2-1-3-7-17)19-8-4-5-14-22-19/h1-15,20,23H/b15-13+. The summed E-state index contributed by atoms with van der Waals surface area (Å²) >= 11 is 5.84. The molecule has 1 aromatic heterocycles. The molecule has 0 radical (unpaired) electrons. The van der Waals surface area contributed by atoms with Gasteiger partial charge in [0.25, 0.3) is 0 Å². The van der Waals surface area contributed by atoms with Gasteiger partial charge < -0.3 is 0 Å². The first kappa shape index (κ1) is 18.3. The van der Waals surface area contributed by atoms with Crippen LogP contribution in [0.4, 0.5) is 0 Å². The highest BCUT2D eigenvalue weighted by atomic mass is 35.5. The minimum atomic E-state index is -3.69. The number of pyridine rings is 1. The second kappa shape index (κ2) is 8.27. The van der Waals surface area contributed by atoms with Crippen LogP contribution in [-0.2, 0) is 10.0 Å². The Balaban J connectivity index is 1.87. The second-order valence-electron chi connectivity index (χ2n) is 5.62. The van der Waals surface area contributed by atoms with Gasteiger partial charge in [0.2, 0.25) is 10.0 Å². The first-order valence-corrected chi connectivity index (χ1v) is 9.88. The second-order valence-corrected chi connectivity index (χ2v) is 7.65. The maximum Gasteiger partial charge on any atom is 0.234 e. The van der Waals surface area contributed by atoms with Crippen LogP contribution in [0, 0.1) is 0 Å². The summed E-state index contributed by atoms with van der Waals surface area (Å²) in [5.74, 6) is 0. The molecule has 0 amide bonds. The molecule has 0 aliphatic heterocycles. The number of nitrogens with zero attached hydrogens (tertiary/aromatic N) is 1. The minimum Gasteiger partial charge on any atom is -0.259 e. The van der Waals surface area contributed by atoms with E-state index >= 15 is 0 Å². The van der Waals surface area contributed by atoms with Crippen molar-refractivity contribution < 1.29 is 8.42 Å². The van der Waals surface area contributed by atoms with E-state index in [-0.39, 0.29) is 0 Å². The highest BCUT2D eigenvalue weighted by Gasteiger charge is 2.20. The molecule has 132 valence electrons. The van der Waals surface area contributed by atoms with E-state index in [1.54, 1.807) is 42.6 Å². The Bertz CT molecular complexity index is 934. The zero-order valence-electron chi connectivity index (χ0n) is 13.8. The number of rotatable bonds is 6. The topological polar surface area (TPSA) is 59.1 Å². The van der Waals surface area contributed by atoms with Gasteiger partial charge >= 0.3 is 0 Å². The summed E-state index contributed by atoms with van der Waals surface area (Å²) < 4.78 is 27.9. The highest BCUT2D eigenvalue weighted by Crippen LogP contribution is 2.21. The van der Waals surface area contributed by atoms with Gasteiger partial charge in [-0.15, -0.1) is 0 Å². The van der Waals surface area contributed by atoms with Crippen LogP contribution in [0.25, 0.3) is 6.08 Å². The van der Waals surface area contributed by atoms with Crippen LogP contribution in [0.15, 0.2) is 84.4 Å². The van der Waals surface area contributed by atoms with Gasteiger partial charge in [0, 0.05) is 16.6 Å². The Morgan fingerprint density at radius 3 is 2.27 bits per heavy atom. The smallest absolute Gasteiger partial charge is 0.234 e. The first-order valence-electron chi connectivity index (χ1n) is 7.95. The maximum absolute atomic E-state index is 12.6. The van der Waals surface area contributed by atoms with Crippen LogP contribution in [0.5, 0.6) is 0 Å². The Hall–Kier alpha value is -2.47. The highest BCUT2D eigenvalue weighted by molar-refractivity contribution is 7.92. The van der Waals surface area contributed by atoms with Crippen molar-refractivity contribution in [1.29, 1.82) is 0 Å². The summed E-state index contributed by atoms with van der Waals surface area (Å²) in [6.45, 7) is 0. The van der Waals surface area contributed by atoms with Crippen LogP contribution in [0.2, 0.25) is 5.02 Å². The molecule has 1 heterocycles. The summed E-state index contributed by atoms with van der Waals surface area (Å²) in [4.78, 5) is 4.30. The number of hydrogen-bond acceptors (Lipinski definition) is 3. The van der Waals surface area contributed by atoms with Gasteiger partial charge in [-0.2, -0.15) is 4.72 Å². The lowest BCUT2D eigenvalue weighted by Crippen LogP contribution is -2.28. The Morgan fingerprint density at radius 2 is 1.62 bits per heavy atom. The molecule has 0 aliphatic rings. The third-order valence-electron chi connectivity index (χ3n) is 3.71. The minimum absolute atomic E-state index is 0.572. The van der Waals surface area contributed by atoms with Crippen molar-refractivity contribution >= 4 is 27.7 Å². The number of sulfonamides is 1. The fraction of sp³-hybridized carbons (Fsp3) is 0.0500. The molecule has 0 spiro atoms. The van der Waals surface area contributed by atoms with Crippen molar-refractivity contribution in [2.45, 2.75) is 6.04 Å². The van der Waals surface area contributed by atoms with Crippen molar-refractivity contribution in [1.82, 2.24) is 9.71 Å². The van der Waals surface area contributed by atoms with Gasteiger partial charge in [0.15, 0.2) is 0 Å². The molecule has 6 heteroatoms. The van der Waals surface area contributed by atoms with Gasteiger partial charge in [-0.05, 0) is 41.5 Å². The van der Waals surface area contributed by atoms with Crippen molar-refractivity contribution in [2.75, 3.05) is 0 Å².